The first-order valence-corrected chi connectivity index (χ1v) is 9.52. The van der Waals surface area contributed by atoms with Gasteiger partial charge in [0, 0.05) is 16.9 Å². The van der Waals surface area contributed by atoms with Gasteiger partial charge in [0.1, 0.15) is 6.04 Å². The SMILES string of the molecule is Cc1cc(Nc2cccc(C(=O)N[C@@H](CC3CCCC3)C(N)=O)c2)c(F)cn1. The van der Waals surface area contributed by atoms with Crippen molar-refractivity contribution in [1.29, 1.82) is 0 Å². The standard InChI is InChI=1S/C21H25FN4O2/c1-13-9-18(17(22)12-24-13)25-16-8-4-7-15(11-16)21(28)26-19(20(23)27)10-14-5-2-3-6-14/h4,7-9,11-12,14,19H,2-3,5-6,10H2,1H3,(H2,23,27)(H,24,25)(H,26,28)/t19-/m0/s1. The first kappa shape index (κ1) is 19.8. The number of anilines is 2. The van der Waals surface area contributed by atoms with Crippen molar-refractivity contribution in [3.63, 3.8) is 0 Å². The first-order chi connectivity index (χ1) is 13.4. The van der Waals surface area contributed by atoms with Crippen molar-refractivity contribution in [1.82, 2.24) is 10.3 Å². The number of hydrogen-bond acceptors (Lipinski definition) is 4. The summed E-state index contributed by atoms with van der Waals surface area (Å²) in [6.07, 6.45) is 6.16. The van der Waals surface area contributed by atoms with E-state index in [9.17, 15) is 14.0 Å². The molecule has 3 rings (SSSR count). The molecule has 1 aromatic carbocycles. The van der Waals surface area contributed by atoms with Crippen molar-refractivity contribution >= 4 is 23.2 Å². The predicted octanol–water partition coefficient (Wildman–Crippen LogP) is 3.44. The van der Waals surface area contributed by atoms with E-state index in [4.69, 9.17) is 5.73 Å². The van der Waals surface area contributed by atoms with Crippen molar-refractivity contribution in [3.05, 3.63) is 53.6 Å². The van der Waals surface area contributed by atoms with Crippen LogP contribution in [0.15, 0.2) is 36.5 Å². The molecule has 4 N–H and O–H groups in total. The Balaban J connectivity index is 1.70. The zero-order valence-corrected chi connectivity index (χ0v) is 15.9. The van der Waals surface area contributed by atoms with Crippen LogP contribution in [0.5, 0.6) is 0 Å². The average Bonchev–Trinajstić information content (AvgIpc) is 3.17. The largest absolute Gasteiger partial charge is 0.368 e. The third kappa shape index (κ3) is 5.06. The number of rotatable bonds is 7. The summed E-state index contributed by atoms with van der Waals surface area (Å²) in [4.78, 5) is 28.3. The summed E-state index contributed by atoms with van der Waals surface area (Å²) in [6, 6.07) is 7.58. The molecule has 1 atom stereocenters. The molecule has 1 aliphatic rings. The van der Waals surface area contributed by atoms with Crippen LogP contribution < -0.4 is 16.4 Å². The molecule has 0 saturated heterocycles. The number of amides is 2. The van der Waals surface area contributed by atoms with E-state index in [0.717, 1.165) is 31.9 Å². The summed E-state index contributed by atoms with van der Waals surface area (Å²) in [5, 5.41) is 5.70. The second kappa shape index (κ2) is 8.82. The minimum Gasteiger partial charge on any atom is -0.368 e. The first-order valence-electron chi connectivity index (χ1n) is 9.52. The van der Waals surface area contributed by atoms with Crippen LogP contribution in [0.2, 0.25) is 0 Å². The number of aromatic nitrogens is 1. The number of primary amides is 1. The van der Waals surface area contributed by atoms with Gasteiger partial charge < -0.3 is 16.4 Å². The van der Waals surface area contributed by atoms with E-state index >= 15 is 0 Å². The molecule has 0 radical (unpaired) electrons. The second-order valence-corrected chi connectivity index (χ2v) is 7.33. The molecule has 1 aromatic heterocycles. The molecule has 0 bridgehead atoms. The molecule has 1 fully saturated rings. The van der Waals surface area contributed by atoms with E-state index in [-0.39, 0.29) is 11.6 Å². The highest BCUT2D eigenvalue weighted by Gasteiger charge is 2.25. The fourth-order valence-corrected chi connectivity index (χ4v) is 3.60. The number of nitrogens with one attached hydrogen (secondary N) is 2. The van der Waals surface area contributed by atoms with Crippen LogP contribution in [0.1, 0.15) is 48.2 Å². The lowest BCUT2D eigenvalue weighted by Gasteiger charge is -2.19. The van der Waals surface area contributed by atoms with Crippen molar-refractivity contribution in [2.24, 2.45) is 11.7 Å². The Morgan fingerprint density at radius 1 is 1.29 bits per heavy atom. The number of carbonyl (C=O) groups excluding carboxylic acids is 2. The number of aryl methyl sites for hydroxylation is 1. The van der Waals surface area contributed by atoms with Gasteiger partial charge in [-0.1, -0.05) is 31.7 Å². The number of carbonyl (C=O) groups is 2. The van der Waals surface area contributed by atoms with Gasteiger partial charge in [-0.3, -0.25) is 14.6 Å². The third-order valence-electron chi connectivity index (χ3n) is 5.09. The molecular weight excluding hydrogens is 359 g/mol. The van der Waals surface area contributed by atoms with Gasteiger partial charge in [0.15, 0.2) is 5.82 Å². The Morgan fingerprint density at radius 3 is 2.75 bits per heavy atom. The number of nitrogens with zero attached hydrogens (tertiary/aromatic N) is 1. The van der Waals surface area contributed by atoms with Gasteiger partial charge in [-0.15, -0.1) is 0 Å². The van der Waals surface area contributed by atoms with Crippen molar-refractivity contribution in [2.45, 2.75) is 45.1 Å². The molecule has 2 amide bonds. The topological polar surface area (TPSA) is 97.1 Å². The highest BCUT2D eigenvalue weighted by molar-refractivity contribution is 5.98. The lowest BCUT2D eigenvalue weighted by molar-refractivity contribution is -0.120. The van der Waals surface area contributed by atoms with Crippen LogP contribution in [0.25, 0.3) is 0 Å². The summed E-state index contributed by atoms with van der Waals surface area (Å²) in [7, 11) is 0. The minimum atomic E-state index is -0.687. The maximum Gasteiger partial charge on any atom is 0.252 e. The quantitative estimate of drug-likeness (QED) is 0.681. The third-order valence-corrected chi connectivity index (χ3v) is 5.09. The lowest BCUT2D eigenvalue weighted by Crippen LogP contribution is -2.45. The summed E-state index contributed by atoms with van der Waals surface area (Å²) in [5.41, 5.74) is 7.37. The molecule has 6 nitrogen and oxygen atoms in total. The highest BCUT2D eigenvalue weighted by atomic mass is 19.1. The number of hydrogen-bond donors (Lipinski definition) is 3. The number of halogens is 1. The van der Waals surface area contributed by atoms with E-state index in [2.05, 4.69) is 15.6 Å². The number of pyridine rings is 1. The summed E-state index contributed by atoms with van der Waals surface area (Å²) in [6.45, 7) is 1.77. The maximum atomic E-state index is 13.9. The maximum absolute atomic E-state index is 13.9. The van der Waals surface area contributed by atoms with Gasteiger partial charge in [0.05, 0.1) is 11.9 Å². The highest BCUT2D eigenvalue weighted by Crippen LogP contribution is 2.28. The van der Waals surface area contributed by atoms with Gasteiger partial charge >= 0.3 is 0 Å². The molecular formula is C21H25FN4O2. The van der Waals surface area contributed by atoms with E-state index in [0.29, 0.717) is 29.3 Å². The normalized spacial score (nSPS) is 15.2. The van der Waals surface area contributed by atoms with Crippen LogP contribution in [0.4, 0.5) is 15.8 Å². The van der Waals surface area contributed by atoms with Crippen LogP contribution in [-0.2, 0) is 4.79 Å². The van der Waals surface area contributed by atoms with E-state index in [1.165, 1.54) is 0 Å². The molecule has 1 heterocycles. The van der Waals surface area contributed by atoms with Gasteiger partial charge in [0.2, 0.25) is 5.91 Å². The molecule has 148 valence electrons. The van der Waals surface area contributed by atoms with Crippen molar-refractivity contribution in [3.8, 4) is 0 Å². The summed E-state index contributed by atoms with van der Waals surface area (Å²) >= 11 is 0. The van der Waals surface area contributed by atoms with Crippen molar-refractivity contribution < 1.29 is 14.0 Å². The Bertz CT molecular complexity index is 865. The van der Waals surface area contributed by atoms with Gasteiger partial charge in [0.25, 0.3) is 5.91 Å². The van der Waals surface area contributed by atoms with Crippen molar-refractivity contribution in [2.75, 3.05) is 5.32 Å². The van der Waals surface area contributed by atoms with Gasteiger partial charge in [-0.05, 0) is 43.5 Å². The molecule has 28 heavy (non-hydrogen) atoms. The zero-order chi connectivity index (χ0) is 20.1. The molecule has 0 aliphatic heterocycles. The molecule has 0 spiro atoms. The number of benzene rings is 1. The second-order valence-electron chi connectivity index (χ2n) is 7.33. The molecule has 1 saturated carbocycles. The van der Waals surface area contributed by atoms with E-state index in [1.54, 1.807) is 37.3 Å². The molecule has 0 unspecified atom stereocenters. The Labute approximate surface area is 163 Å². The Kier molecular flexibility index (Phi) is 6.23. The smallest absolute Gasteiger partial charge is 0.252 e. The minimum absolute atomic E-state index is 0.279. The van der Waals surface area contributed by atoms with Crippen LogP contribution in [-0.4, -0.2) is 22.8 Å². The average molecular weight is 384 g/mol. The number of nitrogens with two attached hydrogens (primary N) is 1. The zero-order valence-electron chi connectivity index (χ0n) is 15.9. The van der Waals surface area contributed by atoms with Gasteiger partial charge in [-0.2, -0.15) is 0 Å². The molecule has 7 heteroatoms. The van der Waals surface area contributed by atoms with E-state index in [1.807, 2.05) is 0 Å². The monoisotopic (exact) mass is 384 g/mol. The van der Waals surface area contributed by atoms with Gasteiger partial charge in [-0.25, -0.2) is 4.39 Å². The summed E-state index contributed by atoms with van der Waals surface area (Å²) < 4.78 is 13.9. The molecule has 1 aliphatic carbocycles. The lowest BCUT2D eigenvalue weighted by atomic mass is 9.97. The fraction of sp³-hybridized carbons (Fsp3) is 0.381. The van der Waals surface area contributed by atoms with Crippen LogP contribution >= 0.6 is 0 Å². The Morgan fingerprint density at radius 2 is 2.04 bits per heavy atom. The molecule has 2 aromatic rings. The predicted molar refractivity (Wildman–Crippen MR) is 106 cm³/mol. The fourth-order valence-electron chi connectivity index (χ4n) is 3.60. The van der Waals surface area contributed by atoms with Crippen LogP contribution in [0, 0.1) is 18.7 Å². The van der Waals surface area contributed by atoms with E-state index < -0.39 is 17.8 Å². The summed E-state index contributed by atoms with van der Waals surface area (Å²) in [5.74, 6) is -0.963. The van der Waals surface area contributed by atoms with Crippen LogP contribution in [0.3, 0.4) is 0 Å². The Hall–Kier alpha value is -2.96.